The predicted octanol–water partition coefficient (Wildman–Crippen LogP) is 2.90. The van der Waals surface area contributed by atoms with E-state index in [9.17, 15) is 4.79 Å². The van der Waals surface area contributed by atoms with Crippen molar-refractivity contribution in [1.29, 1.82) is 0 Å². The van der Waals surface area contributed by atoms with Gasteiger partial charge in [0.1, 0.15) is 5.75 Å². The fourth-order valence-electron chi connectivity index (χ4n) is 1.74. The summed E-state index contributed by atoms with van der Waals surface area (Å²) in [6, 6.07) is 14.9. The van der Waals surface area contributed by atoms with Gasteiger partial charge < -0.3 is 15.8 Å². The van der Waals surface area contributed by atoms with Gasteiger partial charge in [-0.3, -0.25) is 4.79 Å². The van der Waals surface area contributed by atoms with Crippen LogP contribution in [-0.2, 0) is 11.3 Å². The van der Waals surface area contributed by atoms with Crippen LogP contribution in [-0.4, -0.2) is 5.91 Å². The van der Waals surface area contributed by atoms with Crippen LogP contribution >= 0.6 is 0 Å². The first kappa shape index (κ1) is 13.1. The van der Waals surface area contributed by atoms with Gasteiger partial charge >= 0.3 is 0 Å². The first-order valence-electron chi connectivity index (χ1n) is 6.03. The van der Waals surface area contributed by atoms with Crippen LogP contribution in [0.2, 0.25) is 0 Å². The lowest BCUT2D eigenvalue weighted by atomic mass is 10.2. The normalized spacial score (nSPS) is 10.0. The van der Waals surface area contributed by atoms with E-state index in [1.807, 2.05) is 36.4 Å². The molecule has 0 aliphatic heterocycles. The summed E-state index contributed by atoms with van der Waals surface area (Å²) >= 11 is 0. The predicted molar refractivity (Wildman–Crippen MR) is 75.2 cm³/mol. The van der Waals surface area contributed by atoms with Crippen molar-refractivity contribution in [3.63, 3.8) is 0 Å². The molecular formula is C15H16N2O2. The van der Waals surface area contributed by atoms with Crippen molar-refractivity contribution in [1.82, 2.24) is 0 Å². The molecule has 0 unspecified atom stereocenters. The Balaban J connectivity index is 2.30. The van der Waals surface area contributed by atoms with Gasteiger partial charge in [0.15, 0.2) is 5.75 Å². The molecule has 0 saturated heterocycles. The molecule has 4 nitrogen and oxygen atoms in total. The molecule has 98 valence electrons. The molecule has 1 amide bonds. The molecule has 19 heavy (non-hydrogen) atoms. The SMILES string of the molecule is CC(=O)Nc1ccccc1Oc1ccccc1CN. The summed E-state index contributed by atoms with van der Waals surface area (Å²) in [6.07, 6.45) is 0. The van der Waals surface area contributed by atoms with E-state index >= 15 is 0 Å². The molecule has 4 heteroatoms. The number of ether oxygens (including phenoxy) is 1. The van der Waals surface area contributed by atoms with E-state index in [0.29, 0.717) is 23.7 Å². The summed E-state index contributed by atoms with van der Waals surface area (Å²) in [6.45, 7) is 1.86. The Kier molecular flexibility index (Phi) is 4.15. The summed E-state index contributed by atoms with van der Waals surface area (Å²) in [4.78, 5) is 11.2. The number of rotatable bonds is 4. The first-order valence-corrected chi connectivity index (χ1v) is 6.03. The fraction of sp³-hybridized carbons (Fsp3) is 0.133. The third-order valence-corrected chi connectivity index (χ3v) is 2.61. The van der Waals surface area contributed by atoms with Crippen molar-refractivity contribution in [2.24, 2.45) is 5.73 Å². The average molecular weight is 256 g/mol. The highest BCUT2D eigenvalue weighted by Crippen LogP contribution is 2.31. The Morgan fingerprint density at radius 1 is 1.11 bits per heavy atom. The average Bonchev–Trinajstić information content (AvgIpc) is 2.41. The minimum absolute atomic E-state index is 0.136. The van der Waals surface area contributed by atoms with Gasteiger partial charge in [-0.05, 0) is 18.2 Å². The third-order valence-electron chi connectivity index (χ3n) is 2.61. The van der Waals surface area contributed by atoms with Crippen LogP contribution in [0.4, 0.5) is 5.69 Å². The van der Waals surface area contributed by atoms with Gasteiger partial charge in [-0.2, -0.15) is 0 Å². The molecule has 2 rings (SSSR count). The number of para-hydroxylation sites is 3. The standard InChI is InChI=1S/C15H16N2O2/c1-11(18)17-13-7-3-5-9-15(13)19-14-8-4-2-6-12(14)10-16/h2-9H,10,16H2,1H3,(H,17,18). The van der Waals surface area contributed by atoms with Crippen molar-refractivity contribution >= 4 is 11.6 Å². The lowest BCUT2D eigenvalue weighted by molar-refractivity contribution is -0.114. The quantitative estimate of drug-likeness (QED) is 0.884. The molecule has 3 N–H and O–H groups in total. The molecule has 0 heterocycles. The molecule has 2 aromatic carbocycles. The number of nitrogens with two attached hydrogens (primary N) is 1. The van der Waals surface area contributed by atoms with E-state index in [1.165, 1.54) is 6.92 Å². The summed E-state index contributed by atoms with van der Waals surface area (Å²) in [7, 11) is 0. The lowest BCUT2D eigenvalue weighted by Crippen LogP contribution is -2.07. The second-order valence-corrected chi connectivity index (χ2v) is 4.09. The van der Waals surface area contributed by atoms with Gasteiger partial charge in [-0.15, -0.1) is 0 Å². The van der Waals surface area contributed by atoms with Crippen LogP contribution in [0.1, 0.15) is 12.5 Å². The van der Waals surface area contributed by atoms with Crippen LogP contribution < -0.4 is 15.8 Å². The lowest BCUT2D eigenvalue weighted by Gasteiger charge is -2.13. The number of hydrogen-bond acceptors (Lipinski definition) is 3. The highest BCUT2D eigenvalue weighted by atomic mass is 16.5. The van der Waals surface area contributed by atoms with Crippen LogP contribution in [0.15, 0.2) is 48.5 Å². The van der Waals surface area contributed by atoms with Gasteiger partial charge in [-0.25, -0.2) is 0 Å². The van der Waals surface area contributed by atoms with Crippen LogP contribution in [0.25, 0.3) is 0 Å². The van der Waals surface area contributed by atoms with Crippen molar-refractivity contribution in [2.75, 3.05) is 5.32 Å². The minimum Gasteiger partial charge on any atom is -0.455 e. The van der Waals surface area contributed by atoms with Gasteiger partial charge in [0.2, 0.25) is 5.91 Å². The fourth-order valence-corrected chi connectivity index (χ4v) is 1.74. The molecule has 0 fully saturated rings. The van der Waals surface area contributed by atoms with E-state index in [4.69, 9.17) is 10.5 Å². The molecule has 0 spiro atoms. The van der Waals surface area contributed by atoms with Crippen molar-refractivity contribution in [3.8, 4) is 11.5 Å². The van der Waals surface area contributed by atoms with Gasteiger partial charge in [-0.1, -0.05) is 30.3 Å². The smallest absolute Gasteiger partial charge is 0.221 e. The number of hydrogen-bond donors (Lipinski definition) is 2. The molecule has 0 aromatic heterocycles. The molecule has 0 aliphatic rings. The minimum atomic E-state index is -0.136. The van der Waals surface area contributed by atoms with Crippen LogP contribution in [0, 0.1) is 0 Å². The zero-order valence-corrected chi connectivity index (χ0v) is 10.7. The van der Waals surface area contributed by atoms with E-state index in [-0.39, 0.29) is 5.91 Å². The Morgan fingerprint density at radius 3 is 2.42 bits per heavy atom. The number of carbonyl (C=O) groups excluding carboxylic acids is 1. The zero-order valence-electron chi connectivity index (χ0n) is 10.7. The first-order chi connectivity index (χ1) is 9.20. The molecule has 0 radical (unpaired) electrons. The van der Waals surface area contributed by atoms with Crippen molar-refractivity contribution in [2.45, 2.75) is 13.5 Å². The van der Waals surface area contributed by atoms with E-state index in [1.54, 1.807) is 12.1 Å². The Morgan fingerprint density at radius 2 is 1.74 bits per heavy atom. The second kappa shape index (κ2) is 6.02. The van der Waals surface area contributed by atoms with Gasteiger partial charge in [0.25, 0.3) is 0 Å². The molecule has 0 aliphatic carbocycles. The maximum atomic E-state index is 11.2. The van der Waals surface area contributed by atoms with Crippen molar-refractivity contribution in [3.05, 3.63) is 54.1 Å². The Hall–Kier alpha value is -2.33. The number of nitrogens with one attached hydrogen (secondary N) is 1. The van der Waals surface area contributed by atoms with Gasteiger partial charge in [0, 0.05) is 19.0 Å². The maximum Gasteiger partial charge on any atom is 0.221 e. The second-order valence-electron chi connectivity index (χ2n) is 4.09. The summed E-state index contributed by atoms with van der Waals surface area (Å²) in [5.41, 5.74) is 7.23. The highest BCUT2D eigenvalue weighted by molar-refractivity contribution is 5.90. The molecule has 0 saturated carbocycles. The van der Waals surface area contributed by atoms with E-state index in [0.717, 1.165) is 5.56 Å². The summed E-state index contributed by atoms with van der Waals surface area (Å²) < 4.78 is 5.84. The topological polar surface area (TPSA) is 64.3 Å². The van der Waals surface area contributed by atoms with Crippen molar-refractivity contribution < 1.29 is 9.53 Å². The number of benzene rings is 2. The van der Waals surface area contributed by atoms with E-state index < -0.39 is 0 Å². The molecule has 0 bridgehead atoms. The Bertz CT molecular complexity index is 582. The molecule has 0 atom stereocenters. The maximum absolute atomic E-state index is 11.2. The number of carbonyl (C=O) groups is 1. The van der Waals surface area contributed by atoms with Crippen LogP contribution in [0.5, 0.6) is 11.5 Å². The zero-order chi connectivity index (χ0) is 13.7. The van der Waals surface area contributed by atoms with Crippen LogP contribution in [0.3, 0.4) is 0 Å². The van der Waals surface area contributed by atoms with Gasteiger partial charge in [0.05, 0.1) is 5.69 Å². The summed E-state index contributed by atoms with van der Waals surface area (Å²) in [5, 5.41) is 2.74. The summed E-state index contributed by atoms with van der Waals surface area (Å²) in [5.74, 6) is 1.16. The monoisotopic (exact) mass is 256 g/mol. The Labute approximate surface area is 112 Å². The molecule has 2 aromatic rings. The number of anilines is 1. The third kappa shape index (κ3) is 3.33. The highest BCUT2D eigenvalue weighted by Gasteiger charge is 2.07. The van der Waals surface area contributed by atoms with E-state index in [2.05, 4.69) is 5.32 Å². The largest absolute Gasteiger partial charge is 0.455 e. The number of amides is 1. The molecular weight excluding hydrogens is 240 g/mol.